The van der Waals surface area contributed by atoms with Crippen molar-refractivity contribution in [3.8, 4) is 0 Å². The molecule has 13 heavy (non-hydrogen) atoms. The quantitative estimate of drug-likeness (QED) is 0.345. The predicted molar refractivity (Wildman–Crippen MR) is 79.8 cm³/mol. The minimum Gasteiger partial charge on any atom is -0.0844 e. The van der Waals surface area contributed by atoms with Gasteiger partial charge in [0.2, 0.25) is 0 Å². The second-order valence-corrected chi connectivity index (χ2v) is 9.74. The van der Waals surface area contributed by atoms with E-state index in [9.17, 15) is 0 Å². The summed E-state index contributed by atoms with van der Waals surface area (Å²) in [4.78, 5) is 0.281. The number of hydrogen-bond donors (Lipinski definition) is 0. The minimum absolute atomic E-state index is 0.281. The van der Waals surface area contributed by atoms with Gasteiger partial charge in [-0.15, -0.1) is 0 Å². The van der Waals surface area contributed by atoms with Gasteiger partial charge in [0.05, 0.1) is 0 Å². The fourth-order valence-electron chi connectivity index (χ4n) is 1.03. The van der Waals surface area contributed by atoms with Gasteiger partial charge in [-0.3, -0.25) is 0 Å². The lowest BCUT2D eigenvalue weighted by Crippen LogP contribution is -2.17. The molecular weight excluding hydrogens is 564 g/mol. The van der Waals surface area contributed by atoms with Crippen LogP contribution in [-0.4, -0.2) is 8.06 Å². The molecule has 0 nitrogen and oxygen atoms in total. The lowest BCUT2D eigenvalue weighted by atomic mass is 10.2. The summed E-state index contributed by atoms with van der Waals surface area (Å²) in [5, 5.41) is 0. The van der Waals surface area contributed by atoms with Crippen LogP contribution in [0.15, 0.2) is 19.0 Å². The monoisotopic (exact) mass is 562 g/mol. The highest BCUT2D eigenvalue weighted by Gasteiger charge is 2.42. The molecule has 1 rings (SSSR count). The molecule has 6 heteroatoms. The van der Waals surface area contributed by atoms with Crippen LogP contribution < -0.4 is 0 Å². The van der Waals surface area contributed by atoms with E-state index in [1.165, 1.54) is 5.57 Å². The molecule has 0 fully saturated rings. The molecular formula is C7H4Br6. The molecule has 1 aliphatic rings. The van der Waals surface area contributed by atoms with Crippen LogP contribution in [0.4, 0.5) is 0 Å². The van der Waals surface area contributed by atoms with Crippen LogP contribution in [0.5, 0.6) is 0 Å². The Morgan fingerprint density at radius 2 is 1.54 bits per heavy atom. The van der Waals surface area contributed by atoms with Crippen molar-refractivity contribution < 1.29 is 0 Å². The van der Waals surface area contributed by atoms with E-state index in [-0.39, 0.29) is 8.06 Å². The number of hydrogen-bond acceptors (Lipinski definition) is 0. The highest BCUT2D eigenvalue weighted by molar-refractivity contribution is 9.27. The highest BCUT2D eigenvalue weighted by atomic mass is 79.9. The molecule has 0 aromatic carbocycles. The maximum Gasteiger partial charge on any atom is 0.136 e. The molecule has 1 unspecified atom stereocenters. The van der Waals surface area contributed by atoms with Crippen LogP contribution in [0.25, 0.3) is 0 Å². The van der Waals surface area contributed by atoms with E-state index in [1.54, 1.807) is 0 Å². The van der Waals surface area contributed by atoms with Gasteiger partial charge in [-0.05, 0) is 44.4 Å². The van der Waals surface area contributed by atoms with Gasteiger partial charge < -0.3 is 0 Å². The molecule has 0 aromatic rings. The Balaban J connectivity index is 3.28. The Bertz CT molecular complexity index is 298. The summed E-state index contributed by atoms with van der Waals surface area (Å²) in [6.07, 6.45) is 0. The SMILES string of the molecule is CC(Br)C1=C(Br)C(Br)=C(Br)C1(Br)Br. The summed E-state index contributed by atoms with van der Waals surface area (Å²) in [7, 11) is 0. The molecule has 0 N–H and O–H groups in total. The van der Waals surface area contributed by atoms with E-state index in [1.807, 2.05) is 0 Å². The molecule has 0 amide bonds. The number of halogens is 6. The zero-order chi connectivity index (χ0) is 10.4. The second-order valence-electron chi connectivity index (χ2n) is 2.55. The van der Waals surface area contributed by atoms with Crippen molar-refractivity contribution in [3.05, 3.63) is 19.0 Å². The van der Waals surface area contributed by atoms with Crippen molar-refractivity contribution in [3.63, 3.8) is 0 Å². The standard InChI is InChI=1S/C7H4Br6/c1-2(8)3-4(9)5(10)6(11)7(3,12)13/h2H,1H3. The Morgan fingerprint density at radius 3 is 1.69 bits per heavy atom. The van der Waals surface area contributed by atoms with Crippen LogP contribution in [0.1, 0.15) is 6.92 Å². The molecule has 74 valence electrons. The Labute approximate surface area is 128 Å². The Hall–Kier alpha value is 2.36. The van der Waals surface area contributed by atoms with Crippen molar-refractivity contribution >= 4 is 95.6 Å². The minimum atomic E-state index is -0.305. The highest BCUT2D eigenvalue weighted by Crippen LogP contribution is 2.58. The average Bonchev–Trinajstić information content (AvgIpc) is 2.12. The Morgan fingerprint density at radius 1 is 1.08 bits per heavy atom. The van der Waals surface area contributed by atoms with E-state index in [2.05, 4.69) is 103 Å². The summed E-state index contributed by atoms with van der Waals surface area (Å²) in [5.74, 6) is 0. The fraction of sp³-hybridized carbons (Fsp3) is 0.429. The molecule has 0 saturated carbocycles. The molecule has 0 aliphatic heterocycles. The molecule has 0 aromatic heterocycles. The lowest BCUT2D eigenvalue weighted by molar-refractivity contribution is 1.07. The molecule has 1 atom stereocenters. The van der Waals surface area contributed by atoms with Gasteiger partial charge >= 0.3 is 0 Å². The van der Waals surface area contributed by atoms with E-state index < -0.39 is 0 Å². The van der Waals surface area contributed by atoms with Crippen molar-refractivity contribution in [2.45, 2.75) is 15.0 Å². The maximum atomic E-state index is 3.62. The van der Waals surface area contributed by atoms with Crippen molar-refractivity contribution in [2.75, 3.05) is 0 Å². The first kappa shape index (κ1) is 13.4. The zero-order valence-electron chi connectivity index (χ0n) is 6.35. The molecule has 0 radical (unpaired) electrons. The summed E-state index contributed by atoms with van der Waals surface area (Å²) in [6, 6.07) is 0. The van der Waals surface area contributed by atoms with Crippen LogP contribution in [-0.2, 0) is 0 Å². The fourth-order valence-corrected chi connectivity index (χ4v) is 7.10. The molecule has 0 bridgehead atoms. The second kappa shape index (κ2) is 4.70. The van der Waals surface area contributed by atoms with Gasteiger partial charge in [-0.25, -0.2) is 0 Å². The van der Waals surface area contributed by atoms with Gasteiger partial charge in [0.25, 0.3) is 0 Å². The lowest BCUT2D eigenvalue weighted by Gasteiger charge is -2.21. The third-order valence-electron chi connectivity index (χ3n) is 1.63. The molecule has 0 saturated heterocycles. The molecule has 0 spiro atoms. The van der Waals surface area contributed by atoms with Crippen molar-refractivity contribution in [2.24, 2.45) is 0 Å². The first-order valence-electron chi connectivity index (χ1n) is 3.28. The molecule has 1 aliphatic carbocycles. The predicted octanol–water partition coefficient (Wildman–Crippen LogP) is 5.92. The van der Waals surface area contributed by atoms with E-state index in [0.29, 0.717) is 0 Å². The first-order valence-corrected chi connectivity index (χ1v) is 8.16. The smallest absolute Gasteiger partial charge is 0.0844 e. The zero-order valence-corrected chi connectivity index (χ0v) is 15.9. The summed E-state index contributed by atoms with van der Waals surface area (Å²) in [5.41, 5.74) is 1.20. The van der Waals surface area contributed by atoms with Crippen molar-refractivity contribution in [1.82, 2.24) is 0 Å². The number of rotatable bonds is 1. The maximum absolute atomic E-state index is 3.62. The van der Waals surface area contributed by atoms with Crippen molar-refractivity contribution in [1.29, 1.82) is 0 Å². The third-order valence-corrected chi connectivity index (χ3v) is 8.47. The number of allylic oxidation sites excluding steroid dienone is 4. The van der Waals surface area contributed by atoms with E-state index >= 15 is 0 Å². The summed E-state index contributed by atoms with van der Waals surface area (Å²) >= 11 is 21.4. The van der Waals surface area contributed by atoms with Crippen LogP contribution >= 0.6 is 95.6 Å². The van der Waals surface area contributed by atoms with E-state index in [4.69, 9.17) is 0 Å². The summed E-state index contributed by atoms with van der Waals surface area (Å²) in [6.45, 7) is 2.08. The topological polar surface area (TPSA) is 0 Å². The van der Waals surface area contributed by atoms with Gasteiger partial charge in [-0.2, -0.15) is 0 Å². The van der Waals surface area contributed by atoms with Crippen LogP contribution in [0.3, 0.4) is 0 Å². The molecule has 0 heterocycles. The van der Waals surface area contributed by atoms with Gasteiger partial charge in [0.15, 0.2) is 0 Å². The first-order chi connectivity index (χ1) is 5.80. The van der Waals surface area contributed by atoms with Crippen LogP contribution in [0.2, 0.25) is 0 Å². The van der Waals surface area contributed by atoms with Crippen LogP contribution in [0, 0.1) is 0 Å². The van der Waals surface area contributed by atoms with E-state index in [0.717, 1.165) is 13.4 Å². The third kappa shape index (κ3) is 2.38. The Kier molecular flexibility index (Phi) is 4.85. The summed E-state index contributed by atoms with van der Waals surface area (Å²) < 4.78 is 2.83. The van der Waals surface area contributed by atoms with Gasteiger partial charge in [0, 0.05) is 18.3 Å². The van der Waals surface area contributed by atoms with Gasteiger partial charge in [-0.1, -0.05) is 63.7 Å². The average molecular weight is 568 g/mol. The largest absolute Gasteiger partial charge is 0.136 e. The normalized spacial score (nSPS) is 24.2. The number of alkyl halides is 3. The van der Waals surface area contributed by atoms with Gasteiger partial charge in [0.1, 0.15) is 3.23 Å².